The predicted molar refractivity (Wildman–Crippen MR) is 68.5 cm³/mol. The third-order valence-electron chi connectivity index (χ3n) is 2.72. The molecule has 0 saturated carbocycles. The van der Waals surface area contributed by atoms with E-state index >= 15 is 0 Å². The number of hydrogen-bond donors (Lipinski definition) is 0. The second-order valence-electron chi connectivity index (χ2n) is 3.81. The van der Waals surface area contributed by atoms with Crippen molar-refractivity contribution in [3.8, 4) is 6.19 Å². The Morgan fingerprint density at radius 3 is 2.65 bits per heavy atom. The third kappa shape index (κ3) is 2.45. The lowest BCUT2D eigenvalue weighted by Crippen LogP contribution is -2.16. The Hall–Kier alpha value is -1.86. The Bertz CT molecular complexity index is 614. The van der Waals surface area contributed by atoms with Gasteiger partial charge in [0.25, 0.3) is 0 Å². The van der Waals surface area contributed by atoms with Crippen LogP contribution in [-0.4, -0.2) is 4.57 Å². The first-order chi connectivity index (χ1) is 8.22. The SMILES string of the molecule is Cc1sc(=NC#N)n(Cc2ccccc2)c1C. The molecule has 1 heterocycles. The zero-order valence-corrected chi connectivity index (χ0v) is 10.7. The average molecular weight is 243 g/mol. The standard InChI is InChI=1S/C13H13N3S/c1-10-11(2)17-13(15-9-14)16(10)8-12-6-4-3-5-7-12/h3-7H,8H2,1-2H3. The Balaban J connectivity index is 2.46. The quantitative estimate of drug-likeness (QED) is 0.747. The van der Waals surface area contributed by atoms with E-state index in [-0.39, 0.29) is 0 Å². The van der Waals surface area contributed by atoms with Gasteiger partial charge in [0, 0.05) is 10.6 Å². The minimum Gasteiger partial charge on any atom is -0.316 e. The number of rotatable bonds is 2. The lowest BCUT2D eigenvalue weighted by atomic mass is 10.2. The van der Waals surface area contributed by atoms with Gasteiger partial charge in [-0.3, -0.25) is 0 Å². The number of nitriles is 1. The van der Waals surface area contributed by atoms with E-state index in [9.17, 15) is 0 Å². The molecule has 0 amide bonds. The fourth-order valence-electron chi connectivity index (χ4n) is 1.68. The molecule has 0 unspecified atom stereocenters. The summed E-state index contributed by atoms with van der Waals surface area (Å²) in [6.45, 7) is 4.88. The van der Waals surface area contributed by atoms with E-state index in [0.717, 1.165) is 11.3 Å². The van der Waals surface area contributed by atoms with Crippen molar-refractivity contribution >= 4 is 11.3 Å². The topological polar surface area (TPSA) is 41.1 Å². The van der Waals surface area contributed by atoms with Gasteiger partial charge in [0.05, 0.1) is 6.54 Å². The summed E-state index contributed by atoms with van der Waals surface area (Å²) in [6.07, 6.45) is 1.87. The van der Waals surface area contributed by atoms with Crippen molar-refractivity contribution < 1.29 is 0 Å². The smallest absolute Gasteiger partial charge is 0.208 e. The summed E-state index contributed by atoms with van der Waals surface area (Å²) in [4.78, 5) is 5.84. The van der Waals surface area contributed by atoms with Crippen molar-refractivity contribution in [2.45, 2.75) is 20.4 Å². The van der Waals surface area contributed by atoms with Crippen LogP contribution in [0.25, 0.3) is 0 Å². The second-order valence-corrected chi connectivity index (χ2v) is 4.99. The molecule has 86 valence electrons. The molecule has 0 bridgehead atoms. The molecule has 0 fully saturated rings. The molecule has 17 heavy (non-hydrogen) atoms. The highest BCUT2D eigenvalue weighted by atomic mass is 32.1. The molecular weight excluding hydrogens is 230 g/mol. The molecule has 0 spiro atoms. The van der Waals surface area contributed by atoms with Gasteiger partial charge in [-0.2, -0.15) is 5.26 Å². The Morgan fingerprint density at radius 2 is 2.00 bits per heavy atom. The van der Waals surface area contributed by atoms with Crippen LogP contribution in [0.2, 0.25) is 0 Å². The van der Waals surface area contributed by atoms with Crippen molar-refractivity contribution in [1.82, 2.24) is 4.57 Å². The summed E-state index contributed by atoms with van der Waals surface area (Å²) < 4.78 is 2.08. The summed E-state index contributed by atoms with van der Waals surface area (Å²) >= 11 is 1.56. The van der Waals surface area contributed by atoms with Crippen LogP contribution in [-0.2, 0) is 6.54 Å². The van der Waals surface area contributed by atoms with Crippen LogP contribution in [0.1, 0.15) is 16.1 Å². The highest BCUT2D eigenvalue weighted by molar-refractivity contribution is 7.09. The van der Waals surface area contributed by atoms with Gasteiger partial charge in [-0.15, -0.1) is 16.3 Å². The van der Waals surface area contributed by atoms with Gasteiger partial charge in [-0.1, -0.05) is 30.3 Å². The normalized spacial score (nSPS) is 11.5. The van der Waals surface area contributed by atoms with E-state index in [1.165, 1.54) is 16.1 Å². The molecular formula is C13H13N3S. The van der Waals surface area contributed by atoms with Crippen LogP contribution in [0, 0.1) is 25.3 Å². The fourth-order valence-corrected chi connectivity index (χ4v) is 2.61. The number of benzene rings is 1. The molecule has 0 N–H and O–H groups in total. The minimum absolute atomic E-state index is 0.761. The van der Waals surface area contributed by atoms with Crippen LogP contribution in [0.5, 0.6) is 0 Å². The predicted octanol–water partition coefficient (Wildman–Crippen LogP) is 2.60. The maximum absolute atomic E-state index is 8.69. The van der Waals surface area contributed by atoms with Gasteiger partial charge < -0.3 is 4.57 Å². The molecule has 0 atom stereocenters. The fraction of sp³-hybridized carbons (Fsp3) is 0.231. The van der Waals surface area contributed by atoms with Crippen LogP contribution < -0.4 is 4.80 Å². The van der Waals surface area contributed by atoms with E-state index in [1.54, 1.807) is 11.3 Å². The van der Waals surface area contributed by atoms with E-state index in [1.807, 2.05) is 24.4 Å². The molecule has 0 saturated heterocycles. The lowest BCUT2D eigenvalue weighted by molar-refractivity contribution is 0.739. The number of nitrogens with zero attached hydrogens (tertiary/aromatic N) is 3. The molecule has 0 aliphatic heterocycles. The van der Waals surface area contributed by atoms with Crippen molar-refractivity contribution in [2.75, 3.05) is 0 Å². The van der Waals surface area contributed by atoms with Gasteiger partial charge in [-0.05, 0) is 19.4 Å². The van der Waals surface area contributed by atoms with Crippen LogP contribution >= 0.6 is 11.3 Å². The molecule has 0 aliphatic rings. The number of thiazole rings is 1. The van der Waals surface area contributed by atoms with Crippen LogP contribution in [0.15, 0.2) is 35.3 Å². The number of aryl methyl sites for hydroxylation is 1. The maximum atomic E-state index is 8.69. The number of hydrogen-bond acceptors (Lipinski definition) is 3. The number of aromatic nitrogens is 1. The first kappa shape index (κ1) is 11.6. The van der Waals surface area contributed by atoms with Crippen molar-refractivity contribution in [3.05, 3.63) is 51.3 Å². The third-order valence-corrected chi connectivity index (χ3v) is 3.81. The van der Waals surface area contributed by atoms with Crippen LogP contribution in [0.3, 0.4) is 0 Å². The average Bonchev–Trinajstić information content (AvgIpc) is 2.59. The zero-order chi connectivity index (χ0) is 12.3. The van der Waals surface area contributed by atoms with E-state index in [4.69, 9.17) is 5.26 Å². The maximum Gasteiger partial charge on any atom is 0.208 e. The monoisotopic (exact) mass is 243 g/mol. The zero-order valence-electron chi connectivity index (χ0n) is 9.84. The van der Waals surface area contributed by atoms with Crippen molar-refractivity contribution in [1.29, 1.82) is 5.26 Å². The van der Waals surface area contributed by atoms with Gasteiger partial charge in [0.2, 0.25) is 11.0 Å². The van der Waals surface area contributed by atoms with Crippen molar-refractivity contribution in [2.24, 2.45) is 4.99 Å². The first-order valence-electron chi connectivity index (χ1n) is 5.36. The molecule has 0 aliphatic carbocycles. The molecule has 1 aromatic heterocycles. The van der Waals surface area contributed by atoms with Crippen molar-refractivity contribution in [3.63, 3.8) is 0 Å². The summed E-state index contributed by atoms with van der Waals surface area (Å²) in [6, 6.07) is 10.2. The van der Waals surface area contributed by atoms with E-state index < -0.39 is 0 Å². The minimum atomic E-state index is 0.761. The van der Waals surface area contributed by atoms with E-state index in [2.05, 4.69) is 35.5 Å². The highest BCUT2D eigenvalue weighted by Crippen LogP contribution is 2.11. The molecule has 2 rings (SSSR count). The van der Waals surface area contributed by atoms with E-state index in [0.29, 0.717) is 0 Å². The summed E-state index contributed by atoms with van der Waals surface area (Å²) in [5.41, 5.74) is 2.39. The van der Waals surface area contributed by atoms with Gasteiger partial charge in [0.15, 0.2) is 0 Å². The molecule has 3 nitrogen and oxygen atoms in total. The molecule has 4 heteroatoms. The van der Waals surface area contributed by atoms with Crippen LogP contribution in [0.4, 0.5) is 0 Å². The van der Waals surface area contributed by atoms with Gasteiger partial charge in [-0.25, -0.2) is 0 Å². The summed E-state index contributed by atoms with van der Waals surface area (Å²) in [5.74, 6) is 0. The highest BCUT2D eigenvalue weighted by Gasteiger charge is 2.06. The second kappa shape index (κ2) is 4.98. The molecule has 0 radical (unpaired) electrons. The Kier molecular flexibility index (Phi) is 3.40. The molecule has 1 aromatic carbocycles. The Labute approximate surface area is 104 Å². The van der Waals surface area contributed by atoms with Gasteiger partial charge in [0.1, 0.15) is 0 Å². The summed E-state index contributed by atoms with van der Waals surface area (Å²) in [5, 5.41) is 8.69. The molecule has 2 aromatic rings. The van der Waals surface area contributed by atoms with Gasteiger partial charge >= 0.3 is 0 Å². The Morgan fingerprint density at radius 1 is 1.29 bits per heavy atom. The first-order valence-corrected chi connectivity index (χ1v) is 6.17. The summed E-state index contributed by atoms with van der Waals surface area (Å²) in [7, 11) is 0. The largest absolute Gasteiger partial charge is 0.316 e. The lowest BCUT2D eigenvalue weighted by Gasteiger charge is -2.05.